The number of fused-ring (bicyclic) bond motifs is 1. The molecule has 140 valence electrons. The Kier molecular flexibility index (Phi) is 6.02. The van der Waals surface area contributed by atoms with Gasteiger partial charge in [0, 0.05) is 37.0 Å². The topological polar surface area (TPSA) is 97.0 Å². The SMILES string of the molecule is COc1ccc2c(C)c(CCC(=O)N(C)CC(C)C(=O)O)c(=O)oc2c1. The molecule has 0 radical (unpaired) electrons. The Morgan fingerprint density at radius 1 is 1.35 bits per heavy atom. The number of aliphatic carboxylic acids is 1. The van der Waals surface area contributed by atoms with Crippen LogP contribution < -0.4 is 10.4 Å². The van der Waals surface area contributed by atoms with Gasteiger partial charge in [-0.3, -0.25) is 9.59 Å². The number of hydrogen-bond donors (Lipinski definition) is 1. The van der Waals surface area contributed by atoms with Crippen LogP contribution in [0.2, 0.25) is 0 Å². The Labute approximate surface area is 151 Å². The number of nitrogens with zero attached hydrogens (tertiary/aromatic N) is 1. The van der Waals surface area contributed by atoms with Crippen LogP contribution >= 0.6 is 0 Å². The zero-order valence-corrected chi connectivity index (χ0v) is 15.4. The number of carbonyl (C=O) groups excluding carboxylic acids is 1. The number of rotatable bonds is 7. The summed E-state index contributed by atoms with van der Waals surface area (Å²) in [6.45, 7) is 3.49. The first-order valence-corrected chi connectivity index (χ1v) is 8.31. The quantitative estimate of drug-likeness (QED) is 0.760. The van der Waals surface area contributed by atoms with Crippen molar-refractivity contribution < 1.29 is 23.8 Å². The molecule has 26 heavy (non-hydrogen) atoms. The van der Waals surface area contributed by atoms with Gasteiger partial charge in [0.05, 0.1) is 13.0 Å². The molecule has 0 aliphatic rings. The number of carboxylic acid groups (broad SMARTS) is 1. The molecule has 2 rings (SSSR count). The Bertz CT molecular complexity index is 885. The first kappa shape index (κ1) is 19.5. The standard InChI is InChI=1S/C19H23NO6/c1-11(18(22)23)10-20(3)17(21)8-7-15-12(2)14-6-5-13(25-4)9-16(14)26-19(15)24/h5-6,9,11H,7-8,10H2,1-4H3,(H,22,23). The zero-order valence-electron chi connectivity index (χ0n) is 15.4. The highest BCUT2D eigenvalue weighted by Gasteiger charge is 2.19. The summed E-state index contributed by atoms with van der Waals surface area (Å²) in [4.78, 5) is 36.8. The number of carboxylic acids is 1. The molecule has 0 saturated carbocycles. The molecule has 1 aromatic heterocycles. The molecule has 1 unspecified atom stereocenters. The number of hydrogen-bond acceptors (Lipinski definition) is 5. The van der Waals surface area contributed by atoms with Crippen molar-refractivity contribution in [3.8, 4) is 5.75 Å². The maximum Gasteiger partial charge on any atom is 0.339 e. The molecule has 1 atom stereocenters. The third kappa shape index (κ3) is 4.22. The van der Waals surface area contributed by atoms with E-state index in [0.29, 0.717) is 16.9 Å². The van der Waals surface area contributed by atoms with Gasteiger partial charge in [-0.15, -0.1) is 0 Å². The van der Waals surface area contributed by atoms with Crippen LogP contribution in [0.1, 0.15) is 24.5 Å². The summed E-state index contributed by atoms with van der Waals surface area (Å²) in [5, 5.41) is 9.72. The fourth-order valence-electron chi connectivity index (χ4n) is 2.80. The Hall–Kier alpha value is -2.83. The minimum absolute atomic E-state index is 0.107. The summed E-state index contributed by atoms with van der Waals surface area (Å²) in [7, 11) is 3.09. The van der Waals surface area contributed by atoms with Gasteiger partial charge in [-0.05, 0) is 31.0 Å². The molecule has 1 heterocycles. The van der Waals surface area contributed by atoms with Gasteiger partial charge in [0.25, 0.3) is 0 Å². The van der Waals surface area contributed by atoms with Gasteiger partial charge < -0.3 is 19.2 Å². The highest BCUT2D eigenvalue weighted by Crippen LogP contribution is 2.24. The highest BCUT2D eigenvalue weighted by molar-refractivity contribution is 5.83. The number of benzene rings is 1. The van der Waals surface area contributed by atoms with Crippen LogP contribution in [-0.2, 0) is 16.0 Å². The third-order valence-electron chi connectivity index (χ3n) is 4.48. The highest BCUT2D eigenvalue weighted by atomic mass is 16.5. The van der Waals surface area contributed by atoms with Crippen molar-refractivity contribution in [2.24, 2.45) is 5.92 Å². The van der Waals surface area contributed by atoms with Crippen LogP contribution in [0.5, 0.6) is 5.75 Å². The van der Waals surface area contributed by atoms with Crippen molar-refractivity contribution in [2.45, 2.75) is 26.7 Å². The van der Waals surface area contributed by atoms with Gasteiger partial charge >= 0.3 is 11.6 Å². The van der Waals surface area contributed by atoms with E-state index >= 15 is 0 Å². The van der Waals surface area contributed by atoms with Crippen LogP contribution in [0.4, 0.5) is 0 Å². The number of aryl methyl sites for hydroxylation is 1. The van der Waals surface area contributed by atoms with Crippen molar-refractivity contribution in [1.29, 1.82) is 0 Å². The number of carbonyl (C=O) groups is 2. The molecule has 0 fully saturated rings. The lowest BCUT2D eigenvalue weighted by Crippen LogP contribution is -2.34. The van der Waals surface area contributed by atoms with E-state index in [2.05, 4.69) is 0 Å². The minimum atomic E-state index is -0.953. The summed E-state index contributed by atoms with van der Waals surface area (Å²) in [6, 6.07) is 5.25. The van der Waals surface area contributed by atoms with Crippen LogP contribution in [0, 0.1) is 12.8 Å². The van der Waals surface area contributed by atoms with Gasteiger partial charge in [-0.1, -0.05) is 6.92 Å². The average Bonchev–Trinajstić information content (AvgIpc) is 2.60. The average molecular weight is 361 g/mol. The van der Waals surface area contributed by atoms with E-state index < -0.39 is 17.5 Å². The molecule has 0 spiro atoms. The lowest BCUT2D eigenvalue weighted by atomic mass is 10.0. The lowest BCUT2D eigenvalue weighted by molar-refractivity contribution is -0.142. The van der Waals surface area contributed by atoms with E-state index in [0.717, 1.165) is 10.9 Å². The predicted molar refractivity (Wildman–Crippen MR) is 96.5 cm³/mol. The summed E-state index contributed by atoms with van der Waals surface area (Å²) in [5.41, 5.74) is 1.19. The predicted octanol–water partition coefficient (Wildman–Crippen LogP) is 2.22. The van der Waals surface area contributed by atoms with Gasteiger partial charge in [-0.25, -0.2) is 4.79 Å². The monoisotopic (exact) mass is 361 g/mol. The van der Waals surface area contributed by atoms with Crippen molar-refractivity contribution in [3.05, 3.63) is 39.7 Å². The largest absolute Gasteiger partial charge is 0.497 e. The van der Waals surface area contributed by atoms with E-state index in [1.165, 1.54) is 12.0 Å². The molecular weight excluding hydrogens is 338 g/mol. The first-order chi connectivity index (χ1) is 12.2. The molecule has 0 aliphatic carbocycles. The number of methoxy groups -OCH3 is 1. The minimum Gasteiger partial charge on any atom is -0.497 e. The Morgan fingerprint density at radius 3 is 2.65 bits per heavy atom. The van der Waals surface area contributed by atoms with Crippen LogP contribution in [-0.4, -0.2) is 42.6 Å². The maximum absolute atomic E-state index is 12.3. The van der Waals surface area contributed by atoms with Crippen molar-refractivity contribution >= 4 is 22.8 Å². The molecule has 1 amide bonds. The van der Waals surface area contributed by atoms with Crippen molar-refractivity contribution in [2.75, 3.05) is 20.7 Å². The van der Waals surface area contributed by atoms with Gasteiger partial charge in [-0.2, -0.15) is 0 Å². The van der Waals surface area contributed by atoms with E-state index in [9.17, 15) is 14.4 Å². The van der Waals surface area contributed by atoms with E-state index in [4.69, 9.17) is 14.3 Å². The van der Waals surface area contributed by atoms with Gasteiger partial charge in [0.1, 0.15) is 11.3 Å². The summed E-state index contributed by atoms with van der Waals surface area (Å²) >= 11 is 0. The van der Waals surface area contributed by atoms with Crippen LogP contribution in [0.15, 0.2) is 27.4 Å². The molecular formula is C19H23NO6. The van der Waals surface area contributed by atoms with Crippen molar-refractivity contribution in [1.82, 2.24) is 4.90 Å². The fourth-order valence-corrected chi connectivity index (χ4v) is 2.80. The molecule has 1 N–H and O–H groups in total. The number of amides is 1. The second-order valence-electron chi connectivity index (χ2n) is 6.37. The molecule has 0 aliphatic heterocycles. The van der Waals surface area contributed by atoms with E-state index in [1.807, 2.05) is 13.0 Å². The summed E-state index contributed by atoms with van der Waals surface area (Å²) in [5.74, 6) is -1.22. The summed E-state index contributed by atoms with van der Waals surface area (Å²) < 4.78 is 10.5. The Balaban J connectivity index is 2.17. The third-order valence-corrected chi connectivity index (χ3v) is 4.48. The van der Waals surface area contributed by atoms with E-state index in [1.54, 1.807) is 26.1 Å². The zero-order chi connectivity index (χ0) is 19.4. The second-order valence-corrected chi connectivity index (χ2v) is 6.37. The summed E-state index contributed by atoms with van der Waals surface area (Å²) in [6.07, 6.45) is 0.344. The molecule has 0 saturated heterocycles. The van der Waals surface area contributed by atoms with Gasteiger partial charge in [0.15, 0.2) is 0 Å². The first-order valence-electron chi connectivity index (χ1n) is 8.31. The van der Waals surface area contributed by atoms with Gasteiger partial charge in [0.2, 0.25) is 5.91 Å². The number of ether oxygens (including phenoxy) is 1. The van der Waals surface area contributed by atoms with Crippen LogP contribution in [0.25, 0.3) is 11.0 Å². The molecule has 2 aromatic rings. The fraction of sp³-hybridized carbons (Fsp3) is 0.421. The van der Waals surface area contributed by atoms with E-state index in [-0.39, 0.29) is 25.3 Å². The second kappa shape index (κ2) is 8.03. The van der Waals surface area contributed by atoms with Crippen LogP contribution in [0.3, 0.4) is 0 Å². The molecule has 0 bridgehead atoms. The molecule has 7 nitrogen and oxygen atoms in total. The normalized spacial score (nSPS) is 12.0. The van der Waals surface area contributed by atoms with Crippen molar-refractivity contribution in [3.63, 3.8) is 0 Å². The lowest BCUT2D eigenvalue weighted by Gasteiger charge is -2.19. The Morgan fingerprint density at radius 2 is 2.04 bits per heavy atom. The smallest absolute Gasteiger partial charge is 0.339 e. The molecule has 7 heteroatoms. The molecule has 1 aromatic carbocycles. The maximum atomic E-state index is 12.3.